The molecule has 0 bridgehead atoms. The van der Waals surface area contributed by atoms with Crippen LogP contribution in [0, 0.1) is 0 Å². The average Bonchev–Trinajstić information content (AvgIpc) is 3.14. The number of nitrogens with one attached hydrogen (secondary N) is 2. The number of methoxy groups -OCH3 is 1. The summed E-state index contributed by atoms with van der Waals surface area (Å²) in [5, 5.41) is 7.15. The highest BCUT2D eigenvalue weighted by Gasteiger charge is 2.39. The van der Waals surface area contributed by atoms with E-state index in [1.165, 1.54) is 4.90 Å². The summed E-state index contributed by atoms with van der Waals surface area (Å²) < 4.78 is 5.24. The minimum Gasteiger partial charge on any atom is -0.497 e. The quantitative estimate of drug-likeness (QED) is 0.604. The third-order valence-corrected chi connectivity index (χ3v) is 6.09. The molecule has 2 N–H and O–H groups in total. The molecule has 0 saturated carbocycles. The molecular formula is C25H21N3O5. The molecule has 3 aromatic carbocycles. The highest BCUT2D eigenvalue weighted by molar-refractivity contribution is 6.08. The Morgan fingerprint density at radius 3 is 2.61 bits per heavy atom. The molecule has 0 aliphatic carbocycles. The van der Waals surface area contributed by atoms with Crippen LogP contribution in [0.1, 0.15) is 39.1 Å². The Bertz CT molecular complexity index is 1330. The predicted molar refractivity (Wildman–Crippen MR) is 121 cm³/mol. The molecule has 1 atom stereocenters. The Labute approximate surface area is 189 Å². The molecule has 3 aromatic rings. The van der Waals surface area contributed by atoms with Gasteiger partial charge in [0.25, 0.3) is 11.8 Å². The summed E-state index contributed by atoms with van der Waals surface area (Å²) in [7, 11) is 1.62. The van der Waals surface area contributed by atoms with Crippen molar-refractivity contribution < 1.29 is 23.9 Å². The topological polar surface area (TPSA) is 105 Å². The number of carbonyl (C=O) groups excluding carboxylic acids is 4. The molecule has 0 radical (unpaired) electrons. The largest absolute Gasteiger partial charge is 0.497 e. The lowest BCUT2D eigenvalue weighted by Gasteiger charge is -2.29. The number of anilines is 1. The molecule has 1 unspecified atom stereocenters. The highest BCUT2D eigenvalue weighted by atomic mass is 16.5. The van der Waals surface area contributed by atoms with Crippen molar-refractivity contribution in [2.45, 2.75) is 25.4 Å². The fraction of sp³-hybridized carbons (Fsp3) is 0.200. The maximum absolute atomic E-state index is 12.9. The summed E-state index contributed by atoms with van der Waals surface area (Å²) in [6, 6.07) is 15.5. The maximum Gasteiger partial charge on any atom is 0.255 e. The first-order valence-electron chi connectivity index (χ1n) is 10.6. The zero-order chi connectivity index (χ0) is 23.1. The Balaban J connectivity index is 1.33. The summed E-state index contributed by atoms with van der Waals surface area (Å²) in [6.45, 7) is 0.222. The van der Waals surface area contributed by atoms with Crippen molar-refractivity contribution in [3.05, 3.63) is 71.3 Å². The van der Waals surface area contributed by atoms with Gasteiger partial charge in [-0.15, -0.1) is 0 Å². The van der Waals surface area contributed by atoms with E-state index in [1.807, 2.05) is 36.4 Å². The second-order valence-corrected chi connectivity index (χ2v) is 8.15. The SMILES string of the molecule is COc1ccc2cc(NC(=O)c3ccc4c(c3)CN(C3CCC(=O)NC3=O)C4=O)ccc2c1. The normalized spacial score (nSPS) is 17.7. The molecule has 1 saturated heterocycles. The van der Waals surface area contributed by atoms with E-state index in [1.54, 1.807) is 25.3 Å². The minimum absolute atomic E-state index is 0.197. The van der Waals surface area contributed by atoms with Gasteiger partial charge in [-0.1, -0.05) is 12.1 Å². The highest BCUT2D eigenvalue weighted by Crippen LogP contribution is 2.29. The molecule has 8 nitrogen and oxygen atoms in total. The number of hydrogen-bond donors (Lipinski definition) is 2. The van der Waals surface area contributed by atoms with Crippen LogP contribution in [0.3, 0.4) is 0 Å². The van der Waals surface area contributed by atoms with Crippen molar-refractivity contribution in [3.63, 3.8) is 0 Å². The van der Waals surface area contributed by atoms with Crippen LogP contribution in [0.4, 0.5) is 5.69 Å². The van der Waals surface area contributed by atoms with Gasteiger partial charge in [0.2, 0.25) is 11.8 Å². The molecule has 5 rings (SSSR count). The van der Waals surface area contributed by atoms with Crippen molar-refractivity contribution in [1.29, 1.82) is 0 Å². The Hall–Kier alpha value is -4.20. The van der Waals surface area contributed by atoms with Crippen LogP contribution >= 0.6 is 0 Å². The standard InChI is InChI=1S/C25H21N3O5/c1-33-19-6-3-14-11-18(5-2-15(14)12-19)26-23(30)16-4-7-20-17(10-16)13-28(25(20)32)21-8-9-22(29)27-24(21)31/h2-7,10-12,21H,8-9,13H2,1H3,(H,26,30)(H,27,29,31). The van der Waals surface area contributed by atoms with E-state index >= 15 is 0 Å². The number of hydrogen-bond acceptors (Lipinski definition) is 5. The second-order valence-electron chi connectivity index (χ2n) is 8.15. The number of benzene rings is 3. The lowest BCUT2D eigenvalue weighted by atomic mass is 10.0. The van der Waals surface area contributed by atoms with Gasteiger partial charge in [-0.3, -0.25) is 24.5 Å². The van der Waals surface area contributed by atoms with Gasteiger partial charge in [-0.25, -0.2) is 0 Å². The molecule has 1 fully saturated rings. The Morgan fingerprint density at radius 2 is 1.82 bits per heavy atom. The van der Waals surface area contributed by atoms with E-state index in [9.17, 15) is 19.2 Å². The van der Waals surface area contributed by atoms with Crippen LogP contribution in [0.15, 0.2) is 54.6 Å². The van der Waals surface area contributed by atoms with Gasteiger partial charge >= 0.3 is 0 Å². The van der Waals surface area contributed by atoms with E-state index in [0.717, 1.165) is 16.5 Å². The first-order chi connectivity index (χ1) is 15.9. The Kier molecular flexibility index (Phi) is 5.05. The maximum atomic E-state index is 12.9. The molecular weight excluding hydrogens is 422 g/mol. The predicted octanol–water partition coefficient (Wildman–Crippen LogP) is 2.86. The van der Waals surface area contributed by atoms with Crippen LogP contribution < -0.4 is 15.4 Å². The van der Waals surface area contributed by atoms with E-state index in [0.29, 0.717) is 28.8 Å². The molecule has 4 amide bonds. The second kappa shape index (κ2) is 8.05. The summed E-state index contributed by atoms with van der Waals surface area (Å²) in [4.78, 5) is 50.8. The fourth-order valence-corrected chi connectivity index (χ4v) is 4.35. The van der Waals surface area contributed by atoms with Crippen molar-refractivity contribution in [3.8, 4) is 5.75 Å². The van der Waals surface area contributed by atoms with Crippen LogP contribution in [-0.4, -0.2) is 41.7 Å². The Morgan fingerprint density at radius 1 is 1.03 bits per heavy atom. The van der Waals surface area contributed by atoms with Gasteiger partial charge in [0.15, 0.2) is 0 Å². The van der Waals surface area contributed by atoms with Crippen LogP contribution in [0.2, 0.25) is 0 Å². The molecule has 8 heteroatoms. The summed E-state index contributed by atoms with van der Waals surface area (Å²) in [5.41, 5.74) is 2.22. The smallest absolute Gasteiger partial charge is 0.255 e. The van der Waals surface area contributed by atoms with Crippen molar-refractivity contribution in [2.24, 2.45) is 0 Å². The van der Waals surface area contributed by atoms with Gasteiger partial charge in [-0.2, -0.15) is 0 Å². The average molecular weight is 443 g/mol. The lowest BCUT2D eigenvalue weighted by molar-refractivity contribution is -0.136. The minimum atomic E-state index is -0.684. The lowest BCUT2D eigenvalue weighted by Crippen LogP contribution is -2.52. The molecule has 33 heavy (non-hydrogen) atoms. The van der Waals surface area contributed by atoms with E-state index in [4.69, 9.17) is 4.74 Å². The van der Waals surface area contributed by atoms with E-state index in [2.05, 4.69) is 10.6 Å². The number of piperidine rings is 1. The zero-order valence-corrected chi connectivity index (χ0v) is 17.9. The van der Waals surface area contributed by atoms with Crippen molar-refractivity contribution in [2.75, 3.05) is 12.4 Å². The third-order valence-electron chi connectivity index (χ3n) is 6.09. The van der Waals surface area contributed by atoms with E-state index < -0.39 is 11.9 Å². The summed E-state index contributed by atoms with van der Waals surface area (Å²) in [5.74, 6) is -0.584. The number of rotatable bonds is 4. The van der Waals surface area contributed by atoms with Crippen LogP contribution in [0.25, 0.3) is 10.8 Å². The van der Waals surface area contributed by atoms with Crippen LogP contribution in [0.5, 0.6) is 5.75 Å². The van der Waals surface area contributed by atoms with Gasteiger partial charge in [0, 0.05) is 29.8 Å². The monoisotopic (exact) mass is 443 g/mol. The van der Waals surface area contributed by atoms with Gasteiger partial charge in [0.1, 0.15) is 11.8 Å². The molecule has 0 spiro atoms. The van der Waals surface area contributed by atoms with Crippen molar-refractivity contribution >= 4 is 40.1 Å². The third kappa shape index (κ3) is 3.80. The molecule has 2 heterocycles. The summed E-state index contributed by atoms with van der Waals surface area (Å²) >= 11 is 0. The zero-order valence-electron chi connectivity index (χ0n) is 17.9. The number of nitrogens with zero attached hydrogens (tertiary/aromatic N) is 1. The molecule has 2 aliphatic rings. The van der Waals surface area contributed by atoms with Crippen LogP contribution in [-0.2, 0) is 16.1 Å². The van der Waals surface area contributed by atoms with Gasteiger partial charge in [0.05, 0.1) is 7.11 Å². The molecule has 2 aliphatic heterocycles. The number of amides is 4. The first kappa shape index (κ1) is 20.7. The number of fused-ring (bicyclic) bond motifs is 2. The fourth-order valence-electron chi connectivity index (χ4n) is 4.35. The number of ether oxygens (including phenoxy) is 1. The molecule has 166 valence electrons. The molecule has 0 aromatic heterocycles. The number of imide groups is 1. The van der Waals surface area contributed by atoms with Crippen molar-refractivity contribution in [1.82, 2.24) is 10.2 Å². The summed E-state index contributed by atoms with van der Waals surface area (Å²) in [6.07, 6.45) is 0.494. The number of carbonyl (C=O) groups is 4. The van der Waals surface area contributed by atoms with Gasteiger partial charge in [-0.05, 0) is 65.2 Å². The first-order valence-corrected chi connectivity index (χ1v) is 10.6. The van der Waals surface area contributed by atoms with E-state index in [-0.39, 0.29) is 30.7 Å². The van der Waals surface area contributed by atoms with Gasteiger partial charge < -0.3 is 15.0 Å².